The van der Waals surface area contributed by atoms with Crippen molar-refractivity contribution in [3.05, 3.63) is 29.3 Å². The van der Waals surface area contributed by atoms with E-state index >= 15 is 0 Å². The van der Waals surface area contributed by atoms with Crippen LogP contribution in [0.25, 0.3) is 0 Å². The van der Waals surface area contributed by atoms with Crippen molar-refractivity contribution in [2.45, 2.75) is 52.2 Å². The molecular weight excluding hydrogens is 302 g/mol. The van der Waals surface area contributed by atoms with Gasteiger partial charge in [-0.05, 0) is 57.5 Å². The summed E-state index contributed by atoms with van der Waals surface area (Å²) in [4.78, 5) is 16.7. The summed E-state index contributed by atoms with van der Waals surface area (Å²) in [5, 5.41) is 2.97. The lowest BCUT2D eigenvalue weighted by atomic mass is 10.1. The SMILES string of the molecule is CC(C)NC(=O)N1CCOc2ccc(CN3CCCCC3)cc2C1. The molecule has 0 spiro atoms. The average Bonchev–Trinajstić information content (AvgIpc) is 2.77. The van der Waals surface area contributed by atoms with Crippen LogP contribution in [0.3, 0.4) is 0 Å². The molecule has 1 aromatic rings. The maximum atomic E-state index is 12.3. The van der Waals surface area contributed by atoms with Gasteiger partial charge in [0.2, 0.25) is 0 Å². The Labute approximate surface area is 145 Å². The normalized spacial score (nSPS) is 18.7. The minimum Gasteiger partial charge on any atom is -0.491 e. The molecule has 0 radical (unpaired) electrons. The molecule has 5 heteroatoms. The highest BCUT2D eigenvalue weighted by Crippen LogP contribution is 2.25. The Morgan fingerprint density at radius 1 is 1.21 bits per heavy atom. The molecule has 5 nitrogen and oxygen atoms in total. The zero-order valence-corrected chi connectivity index (χ0v) is 14.9. The monoisotopic (exact) mass is 331 g/mol. The molecule has 2 aliphatic heterocycles. The lowest BCUT2D eigenvalue weighted by Crippen LogP contribution is -2.43. The van der Waals surface area contributed by atoms with Crippen molar-refractivity contribution in [2.24, 2.45) is 0 Å². The first-order valence-corrected chi connectivity index (χ1v) is 9.14. The second kappa shape index (κ2) is 7.88. The summed E-state index contributed by atoms with van der Waals surface area (Å²) in [6.07, 6.45) is 3.96. The summed E-state index contributed by atoms with van der Waals surface area (Å²) >= 11 is 0. The number of hydrogen-bond acceptors (Lipinski definition) is 3. The second-order valence-electron chi connectivity index (χ2n) is 7.15. The van der Waals surface area contributed by atoms with Gasteiger partial charge in [-0.15, -0.1) is 0 Å². The number of benzene rings is 1. The van der Waals surface area contributed by atoms with E-state index in [1.54, 1.807) is 0 Å². The van der Waals surface area contributed by atoms with E-state index in [9.17, 15) is 4.79 Å². The molecule has 3 rings (SSSR count). The molecule has 0 unspecified atom stereocenters. The number of nitrogens with zero attached hydrogens (tertiary/aromatic N) is 2. The Kier molecular flexibility index (Phi) is 5.61. The quantitative estimate of drug-likeness (QED) is 0.926. The summed E-state index contributed by atoms with van der Waals surface area (Å²) < 4.78 is 5.84. The first-order chi connectivity index (χ1) is 11.6. The molecule has 132 valence electrons. The smallest absolute Gasteiger partial charge is 0.318 e. The highest BCUT2D eigenvalue weighted by atomic mass is 16.5. The van der Waals surface area contributed by atoms with Crippen molar-refractivity contribution in [2.75, 3.05) is 26.2 Å². The van der Waals surface area contributed by atoms with Crippen LogP contribution in [0, 0.1) is 0 Å². The molecule has 1 aromatic carbocycles. The van der Waals surface area contributed by atoms with Crippen LogP contribution < -0.4 is 10.1 Å². The summed E-state index contributed by atoms with van der Waals surface area (Å²) in [5.41, 5.74) is 2.42. The molecule has 2 amide bonds. The number of likely N-dealkylation sites (tertiary alicyclic amines) is 1. The third kappa shape index (κ3) is 4.41. The van der Waals surface area contributed by atoms with E-state index < -0.39 is 0 Å². The number of amides is 2. The van der Waals surface area contributed by atoms with Crippen molar-refractivity contribution in [1.29, 1.82) is 0 Å². The van der Waals surface area contributed by atoms with E-state index in [2.05, 4.69) is 28.4 Å². The van der Waals surface area contributed by atoms with E-state index in [0.717, 1.165) is 17.9 Å². The van der Waals surface area contributed by atoms with Crippen LogP contribution in [0.1, 0.15) is 44.2 Å². The van der Waals surface area contributed by atoms with E-state index in [-0.39, 0.29) is 12.1 Å². The fraction of sp³-hybridized carbons (Fsp3) is 0.632. The van der Waals surface area contributed by atoms with Crippen LogP contribution in [0.5, 0.6) is 5.75 Å². The molecule has 0 saturated carbocycles. The van der Waals surface area contributed by atoms with E-state index in [1.807, 2.05) is 18.7 Å². The number of fused-ring (bicyclic) bond motifs is 1. The number of carbonyl (C=O) groups excluding carboxylic acids is 1. The molecule has 2 heterocycles. The number of rotatable bonds is 3. The first kappa shape index (κ1) is 17.1. The second-order valence-corrected chi connectivity index (χ2v) is 7.15. The van der Waals surface area contributed by atoms with Gasteiger partial charge in [0, 0.05) is 18.2 Å². The fourth-order valence-electron chi connectivity index (χ4n) is 3.43. The maximum Gasteiger partial charge on any atom is 0.318 e. The number of urea groups is 1. The highest BCUT2D eigenvalue weighted by Gasteiger charge is 2.21. The van der Waals surface area contributed by atoms with Crippen LogP contribution in [0.15, 0.2) is 18.2 Å². The average molecular weight is 331 g/mol. The molecule has 24 heavy (non-hydrogen) atoms. The molecule has 0 bridgehead atoms. The minimum atomic E-state index is -0.0112. The predicted molar refractivity (Wildman–Crippen MR) is 95.1 cm³/mol. The number of piperidine rings is 1. The van der Waals surface area contributed by atoms with Crippen LogP contribution in [-0.4, -0.2) is 48.1 Å². The lowest BCUT2D eigenvalue weighted by molar-refractivity contribution is 0.185. The molecule has 0 aliphatic carbocycles. The van der Waals surface area contributed by atoms with Gasteiger partial charge in [0.1, 0.15) is 12.4 Å². The van der Waals surface area contributed by atoms with Gasteiger partial charge in [-0.3, -0.25) is 4.90 Å². The highest BCUT2D eigenvalue weighted by molar-refractivity contribution is 5.74. The summed E-state index contributed by atoms with van der Waals surface area (Å²) in [7, 11) is 0. The van der Waals surface area contributed by atoms with Crippen molar-refractivity contribution in [1.82, 2.24) is 15.1 Å². The fourth-order valence-corrected chi connectivity index (χ4v) is 3.43. The topological polar surface area (TPSA) is 44.8 Å². The Balaban J connectivity index is 1.70. The van der Waals surface area contributed by atoms with Gasteiger partial charge in [0.15, 0.2) is 0 Å². The molecular formula is C19H29N3O2. The number of ether oxygens (including phenoxy) is 1. The van der Waals surface area contributed by atoms with Crippen LogP contribution >= 0.6 is 0 Å². The number of nitrogens with one attached hydrogen (secondary N) is 1. The van der Waals surface area contributed by atoms with Gasteiger partial charge in [0.25, 0.3) is 0 Å². The van der Waals surface area contributed by atoms with Gasteiger partial charge in [-0.25, -0.2) is 4.79 Å². The van der Waals surface area contributed by atoms with Gasteiger partial charge < -0.3 is 15.0 Å². The van der Waals surface area contributed by atoms with Gasteiger partial charge >= 0.3 is 6.03 Å². The summed E-state index contributed by atoms with van der Waals surface area (Å²) in [5.74, 6) is 0.914. The van der Waals surface area contributed by atoms with Crippen LogP contribution in [0.2, 0.25) is 0 Å². The van der Waals surface area contributed by atoms with Crippen molar-refractivity contribution >= 4 is 6.03 Å². The standard InChI is InChI=1S/C19H29N3O2/c1-15(2)20-19(23)22-10-11-24-18-7-6-16(12-17(18)14-22)13-21-8-4-3-5-9-21/h6-7,12,15H,3-5,8-11,13-14H2,1-2H3,(H,20,23). The van der Waals surface area contributed by atoms with Crippen LogP contribution in [0.4, 0.5) is 4.79 Å². The molecule has 1 saturated heterocycles. The van der Waals surface area contributed by atoms with Gasteiger partial charge in [0.05, 0.1) is 13.1 Å². The molecule has 1 fully saturated rings. The van der Waals surface area contributed by atoms with Crippen molar-refractivity contribution in [3.63, 3.8) is 0 Å². The van der Waals surface area contributed by atoms with Crippen LogP contribution in [-0.2, 0) is 13.1 Å². The molecule has 0 aromatic heterocycles. The van der Waals surface area contributed by atoms with E-state index in [4.69, 9.17) is 4.74 Å². The summed E-state index contributed by atoms with van der Waals surface area (Å²) in [6, 6.07) is 6.58. The Morgan fingerprint density at radius 3 is 2.75 bits per heavy atom. The molecule has 2 aliphatic rings. The van der Waals surface area contributed by atoms with Crippen molar-refractivity contribution in [3.8, 4) is 5.75 Å². The Bertz CT molecular complexity index is 568. The summed E-state index contributed by atoms with van der Waals surface area (Å²) in [6.45, 7) is 9.12. The Morgan fingerprint density at radius 2 is 2.00 bits per heavy atom. The van der Waals surface area contributed by atoms with E-state index in [0.29, 0.717) is 19.7 Å². The van der Waals surface area contributed by atoms with Gasteiger partial charge in [-0.2, -0.15) is 0 Å². The third-order valence-electron chi connectivity index (χ3n) is 4.66. The largest absolute Gasteiger partial charge is 0.491 e. The zero-order chi connectivity index (χ0) is 16.9. The first-order valence-electron chi connectivity index (χ1n) is 9.14. The predicted octanol–water partition coefficient (Wildman–Crippen LogP) is 2.98. The minimum absolute atomic E-state index is 0.0112. The van der Waals surface area contributed by atoms with E-state index in [1.165, 1.54) is 37.9 Å². The number of hydrogen-bond donors (Lipinski definition) is 1. The van der Waals surface area contributed by atoms with Gasteiger partial charge in [-0.1, -0.05) is 12.5 Å². The molecule has 0 atom stereocenters. The third-order valence-corrected chi connectivity index (χ3v) is 4.66. The zero-order valence-electron chi connectivity index (χ0n) is 14.9. The Hall–Kier alpha value is -1.75. The van der Waals surface area contributed by atoms with Crippen molar-refractivity contribution < 1.29 is 9.53 Å². The maximum absolute atomic E-state index is 12.3. The lowest BCUT2D eigenvalue weighted by Gasteiger charge is -2.27. The number of carbonyl (C=O) groups is 1. The molecule has 1 N–H and O–H groups in total.